The lowest BCUT2D eigenvalue weighted by Crippen LogP contribution is -2.22. The minimum atomic E-state index is -1.11. The predicted octanol–water partition coefficient (Wildman–Crippen LogP) is 2.17. The topological polar surface area (TPSA) is 88.5 Å². The molecule has 1 heterocycles. The number of rotatable bonds is 5. The average Bonchev–Trinajstić information content (AvgIpc) is 2.94. The van der Waals surface area contributed by atoms with Gasteiger partial charge in [0.15, 0.2) is 16.9 Å². The van der Waals surface area contributed by atoms with Gasteiger partial charge in [0.05, 0.1) is 7.11 Å². The van der Waals surface area contributed by atoms with E-state index in [9.17, 15) is 9.59 Å². The first-order valence-corrected chi connectivity index (χ1v) is 6.58. The summed E-state index contributed by atoms with van der Waals surface area (Å²) in [5.74, 6) is -1.58. The van der Waals surface area contributed by atoms with Crippen LogP contribution in [0.5, 0.6) is 0 Å². The molecule has 0 aliphatic rings. The van der Waals surface area contributed by atoms with E-state index in [1.165, 1.54) is 12.5 Å². The van der Waals surface area contributed by atoms with Crippen LogP contribution < -0.4 is 5.32 Å². The number of benzene rings is 1. The highest BCUT2D eigenvalue weighted by atomic mass is 32.1. The van der Waals surface area contributed by atoms with Crippen LogP contribution in [0.15, 0.2) is 35.7 Å². The number of carbonyl (C=O) groups excluding carboxylic acids is 1. The van der Waals surface area contributed by atoms with E-state index in [1.54, 1.807) is 24.3 Å². The second kappa shape index (κ2) is 6.16. The summed E-state index contributed by atoms with van der Waals surface area (Å²) in [6.07, 6.45) is 0. The van der Waals surface area contributed by atoms with E-state index < -0.39 is 18.0 Å². The zero-order valence-electron chi connectivity index (χ0n) is 10.6. The van der Waals surface area contributed by atoms with Gasteiger partial charge in [-0.2, -0.15) is 0 Å². The monoisotopic (exact) mass is 292 g/mol. The Kier molecular flexibility index (Phi) is 4.31. The van der Waals surface area contributed by atoms with E-state index >= 15 is 0 Å². The summed E-state index contributed by atoms with van der Waals surface area (Å²) in [4.78, 5) is 26.5. The molecule has 0 bridgehead atoms. The third-order valence-electron chi connectivity index (χ3n) is 2.56. The molecule has 2 rings (SSSR count). The van der Waals surface area contributed by atoms with Crippen LogP contribution in [-0.2, 0) is 9.53 Å². The summed E-state index contributed by atoms with van der Waals surface area (Å²) in [5, 5.41) is 13.5. The minimum Gasteiger partial charge on any atom is -0.476 e. The summed E-state index contributed by atoms with van der Waals surface area (Å²) >= 11 is 1.12. The Morgan fingerprint density at radius 3 is 2.60 bits per heavy atom. The lowest BCUT2D eigenvalue weighted by molar-refractivity contribution is -0.141. The van der Waals surface area contributed by atoms with Gasteiger partial charge in [0.1, 0.15) is 0 Å². The third-order valence-corrected chi connectivity index (χ3v) is 3.33. The summed E-state index contributed by atoms with van der Waals surface area (Å²) < 4.78 is 4.75. The molecule has 0 saturated heterocycles. The van der Waals surface area contributed by atoms with Gasteiger partial charge in [-0.1, -0.05) is 30.3 Å². The van der Waals surface area contributed by atoms with Crippen LogP contribution in [0.4, 0.5) is 5.13 Å². The maximum atomic E-state index is 11.8. The van der Waals surface area contributed by atoms with Crippen molar-refractivity contribution < 1.29 is 19.4 Å². The normalized spacial score (nSPS) is 11.7. The first-order chi connectivity index (χ1) is 9.61. The van der Waals surface area contributed by atoms with Gasteiger partial charge in [0.25, 0.3) is 0 Å². The zero-order valence-corrected chi connectivity index (χ0v) is 11.4. The molecular weight excluding hydrogens is 280 g/mol. The summed E-state index contributed by atoms with van der Waals surface area (Å²) in [6.45, 7) is 0. The molecule has 0 radical (unpaired) electrons. The number of aromatic nitrogens is 1. The Bertz CT molecular complexity index is 612. The number of methoxy groups -OCH3 is 1. The molecule has 0 spiro atoms. The van der Waals surface area contributed by atoms with Crippen molar-refractivity contribution in [2.75, 3.05) is 12.4 Å². The smallest absolute Gasteiger partial charge is 0.355 e. The highest BCUT2D eigenvalue weighted by Crippen LogP contribution is 2.23. The molecule has 2 aromatic rings. The molecule has 0 fully saturated rings. The predicted molar refractivity (Wildman–Crippen MR) is 73.9 cm³/mol. The Morgan fingerprint density at radius 1 is 1.35 bits per heavy atom. The number of anilines is 1. The largest absolute Gasteiger partial charge is 0.476 e. The number of hydrogen-bond donors (Lipinski definition) is 2. The summed E-state index contributed by atoms with van der Waals surface area (Å²) in [6, 6.07) is 8.27. The van der Waals surface area contributed by atoms with Gasteiger partial charge in [-0.05, 0) is 5.56 Å². The third kappa shape index (κ3) is 3.12. The molecule has 2 N–H and O–H groups in total. The standard InChI is InChI=1S/C13H12N2O4S/c1-19-12(18)10(8-5-3-2-4-6-8)15-13-14-9(7-20-13)11(16)17/h2-7,10H,1H3,(H,14,15)(H,16,17). The molecule has 0 aliphatic carbocycles. The van der Waals surface area contributed by atoms with Crippen molar-refractivity contribution in [3.8, 4) is 0 Å². The Balaban J connectivity index is 2.24. The number of thiazole rings is 1. The molecule has 6 nitrogen and oxygen atoms in total. The van der Waals surface area contributed by atoms with E-state index in [1.807, 2.05) is 6.07 Å². The van der Waals surface area contributed by atoms with E-state index in [4.69, 9.17) is 9.84 Å². The molecule has 0 amide bonds. The average molecular weight is 292 g/mol. The fraction of sp³-hybridized carbons (Fsp3) is 0.154. The van der Waals surface area contributed by atoms with E-state index in [0.717, 1.165) is 11.3 Å². The van der Waals surface area contributed by atoms with Gasteiger partial charge in [-0.3, -0.25) is 0 Å². The van der Waals surface area contributed by atoms with Crippen LogP contribution in [0.3, 0.4) is 0 Å². The Hall–Kier alpha value is -2.41. The van der Waals surface area contributed by atoms with Crippen molar-refractivity contribution in [3.05, 3.63) is 47.0 Å². The number of carboxylic acid groups (broad SMARTS) is 1. The van der Waals surface area contributed by atoms with Crippen molar-refractivity contribution in [3.63, 3.8) is 0 Å². The summed E-state index contributed by atoms with van der Waals surface area (Å²) in [5.41, 5.74) is 0.653. The van der Waals surface area contributed by atoms with Crippen LogP contribution in [0.1, 0.15) is 22.1 Å². The lowest BCUT2D eigenvalue weighted by Gasteiger charge is -2.15. The molecule has 7 heteroatoms. The van der Waals surface area contributed by atoms with Crippen molar-refractivity contribution in [2.24, 2.45) is 0 Å². The molecule has 1 atom stereocenters. The lowest BCUT2D eigenvalue weighted by atomic mass is 10.1. The first-order valence-electron chi connectivity index (χ1n) is 5.70. The molecule has 0 saturated carbocycles. The first kappa shape index (κ1) is 14.0. The molecule has 1 aromatic heterocycles. The van der Waals surface area contributed by atoms with E-state index in [0.29, 0.717) is 10.7 Å². The maximum Gasteiger partial charge on any atom is 0.355 e. The number of carboxylic acids is 1. The Labute approximate surface area is 119 Å². The fourth-order valence-corrected chi connectivity index (χ4v) is 2.32. The molecule has 20 heavy (non-hydrogen) atoms. The molecule has 0 aliphatic heterocycles. The van der Waals surface area contributed by atoms with Crippen molar-refractivity contribution in [1.29, 1.82) is 0 Å². The quantitative estimate of drug-likeness (QED) is 0.821. The summed E-state index contributed by atoms with van der Waals surface area (Å²) in [7, 11) is 1.30. The number of aromatic carboxylic acids is 1. The van der Waals surface area contributed by atoms with Crippen LogP contribution in [0.25, 0.3) is 0 Å². The molecule has 1 aromatic carbocycles. The van der Waals surface area contributed by atoms with Gasteiger partial charge in [0, 0.05) is 5.38 Å². The Morgan fingerprint density at radius 2 is 2.05 bits per heavy atom. The van der Waals surface area contributed by atoms with E-state index in [2.05, 4.69) is 10.3 Å². The molecule has 104 valence electrons. The van der Waals surface area contributed by atoms with Crippen LogP contribution in [-0.4, -0.2) is 29.1 Å². The SMILES string of the molecule is COC(=O)C(Nc1nc(C(=O)O)cs1)c1ccccc1. The van der Waals surface area contributed by atoms with Gasteiger partial charge < -0.3 is 15.2 Å². The fourth-order valence-electron chi connectivity index (χ4n) is 1.60. The molecular formula is C13H12N2O4S. The minimum absolute atomic E-state index is 0.0609. The van der Waals surface area contributed by atoms with Crippen LogP contribution in [0, 0.1) is 0 Å². The van der Waals surface area contributed by atoms with Gasteiger partial charge in [0.2, 0.25) is 0 Å². The second-order valence-corrected chi connectivity index (χ2v) is 4.71. The number of nitrogens with zero attached hydrogens (tertiary/aromatic N) is 1. The molecule has 1 unspecified atom stereocenters. The van der Waals surface area contributed by atoms with Crippen LogP contribution in [0.2, 0.25) is 0 Å². The number of nitrogens with one attached hydrogen (secondary N) is 1. The van der Waals surface area contributed by atoms with Crippen molar-refractivity contribution in [2.45, 2.75) is 6.04 Å². The van der Waals surface area contributed by atoms with E-state index in [-0.39, 0.29) is 5.69 Å². The van der Waals surface area contributed by atoms with Gasteiger partial charge in [-0.15, -0.1) is 11.3 Å². The second-order valence-electron chi connectivity index (χ2n) is 3.85. The zero-order chi connectivity index (χ0) is 14.5. The van der Waals surface area contributed by atoms with Gasteiger partial charge >= 0.3 is 11.9 Å². The number of ether oxygens (including phenoxy) is 1. The van der Waals surface area contributed by atoms with Gasteiger partial charge in [-0.25, -0.2) is 14.6 Å². The van der Waals surface area contributed by atoms with Crippen molar-refractivity contribution >= 4 is 28.4 Å². The maximum absolute atomic E-state index is 11.8. The number of carbonyl (C=O) groups is 2. The highest BCUT2D eigenvalue weighted by molar-refractivity contribution is 7.13. The number of hydrogen-bond acceptors (Lipinski definition) is 6. The number of esters is 1. The van der Waals surface area contributed by atoms with Crippen molar-refractivity contribution in [1.82, 2.24) is 4.98 Å². The van der Waals surface area contributed by atoms with Crippen LogP contribution >= 0.6 is 11.3 Å². The highest BCUT2D eigenvalue weighted by Gasteiger charge is 2.22.